The molecule has 1 unspecified atom stereocenters. The normalized spacial score (nSPS) is 18.0. The number of piperazine rings is 1. The second-order valence-electron chi connectivity index (χ2n) is 6.33. The van der Waals surface area contributed by atoms with E-state index < -0.39 is 11.0 Å². The largest absolute Gasteiger partial charge is 0.377 e. The lowest BCUT2D eigenvalue weighted by molar-refractivity contribution is 0.197. The minimum absolute atomic E-state index is 0.680. The Morgan fingerprint density at radius 3 is 2.38 bits per heavy atom. The third-order valence-electron chi connectivity index (χ3n) is 4.54. The van der Waals surface area contributed by atoms with Crippen LogP contribution in [0.4, 0.5) is 5.69 Å². The van der Waals surface area contributed by atoms with Crippen molar-refractivity contribution >= 4 is 27.4 Å². The molecule has 0 radical (unpaired) electrons. The molecule has 3 rings (SSSR count). The van der Waals surface area contributed by atoms with Crippen LogP contribution in [-0.4, -0.2) is 66.8 Å². The van der Waals surface area contributed by atoms with Gasteiger partial charge in [0, 0.05) is 69.8 Å². The molecule has 0 spiro atoms. The minimum atomic E-state index is -1.13. The van der Waals surface area contributed by atoms with Gasteiger partial charge in [0.05, 0.1) is 4.90 Å². The molecule has 1 heterocycles. The molecule has 130 valence electrons. The minimum Gasteiger partial charge on any atom is -0.377 e. The summed E-state index contributed by atoms with van der Waals surface area (Å²) in [5, 5.41) is 2.22. The summed E-state index contributed by atoms with van der Waals surface area (Å²) in [4.78, 5) is 5.34. The monoisotopic (exact) mass is 346 g/mol. The SMILES string of the molecule is CN(C)c1cccc2c(S(=O)N3CCN(CCN)CC3)cccc12. The fourth-order valence-electron chi connectivity index (χ4n) is 3.25. The standard InChI is InChI=1S/C18H26N4OS/c1-20(2)17-7-3-6-16-15(17)5-4-8-18(16)24(23)22-13-11-21(10-9-19)12-14-22/h3-8H,9-14,19H2,1-2H3. The first-order valence-corrected chi connectivity index (χ1v) is 9.51. The van der Waals surface area contributed by atoms with Gasteiger partial charge >= 0.3 is 0 Å². The summed E-state index contributed by atoms with van der Waals surface area (Å²) < 4.78 is 15.2. The van der Waals surface area contributed by atoms with Gasteiger partial charge in [-0.25, -0.2) is 8.51 Å². The van der Waals surface area contributed by atoms with Gasteiger partial charge in [-0.1, -0.05) is 24.3 Å². The number of nitrogens with two attached hydrogens (primary N) is 1. The summed E-state index contributed by atoms with van der Waals surface area (Å²) in [5.74, 6) is 0. The summed E-state index contributed by atoms with van der Waals surface area (Å²) in [6.45, 7) is 5.08. The average Bonchev–Trinajstić information content (AvgIpc) is 2.61. The van der Waals surface area contributed by atoms with Crippen molar-refractivity contribution in [2.24, 2.45) is 5.73 Å². The van der Waals surface area contributed by atoms with E-state index in [1.165, 1.54) is 0 Å². The van der Waals surface area contributed by atoms with Crippen molar-refractivity contribution in [2.75, 3.05) is 58.3 Å². The van der Waals surface area contributed by atoms with Crippen LogP contribution in [0, 0.1) is 0 Å². The van der Waals surface area contributed by atoms with Gasteiger partial charge in [-0.2, -0.15) is 0 Å². The van der Waals surface area contributed by atoms with Crippen molar-refractivity contribution < 1.29 is 4.21 Å². The fourth-order valence-corrected chi connectivity index (χ4v) is 4.58. The number of anilines is 1. The van der Waals surface area contributed by atoms with Crippen molar-refractivity contribution in [3.63, 3.8) is 0 Å². The quantitative estimate of drug-likeness (QED) is 0.892. The molecule has 0 amide bonds. The van der Waals surface area contributed by atoms with Crippen LogP contribution >= 0.6 is 0 Å². The highest BCUT2D eigenvalue weighted by molar-refractivity contribution is 7.83. The summed E-state index contributed by atoms with van der Waals surface area (Å²) in [7, 11) is 2.95. The number of nitrogens with zero attached hydrogens (tertiary/aromatic N) is 3. The van der Waals surface area contributed by atoms with Crippen LogP contribution in [0.3, 0.4) is 0 Å². The molecule has 2 aromatic carbocycles. The predicted molar refractivity (Wildman–Crippen MR) is 102 cm³/mol. The van der Waals surface area contributed by atoms with Crippen molar-refractivity contribution in [1.82, 2.24) is 9.21 Å². The van der Waals surface area contributed by atoms with E-state index in [1.54, 1.807) is 0 Å². The molecular formula is C18H26N4OS. The molecule has 1 atom stereocenters. The van der Waals surface area contributed by atoms with E-state index in [2.05, 4.69) is 32.3 Å². The van der Waals surface area contributed by atoms with E-state index in [0.29, 0.717) is 6.54 Å². The molecular weight excluding hydrogens is 320 g/mol. The van der Waals surface area contributed by atoms with Gasteiger partial charge in [-0.05, 0) is 12.1 Å². The van der Waals surface area contributed by atoms with Gasteiger partial charge < -0.3 is 10.6 Å². The van der Waals surface area contributed by atoms with Gasteiger partial charge in [-0.15, -0.1) is 0 Å². The molecule has 5 nitrogen and oxygen atoms in total. The van der Waals surface area contributed by atoms with Gasteiger partial charge in [0.25, 0.3) is 0 Å². The Morgan fingerprint density at radius 2 is 1.71 bits per heavy atom. The number of fused-ring (bicyclic) bond motifs is 1. The lowest BCUT2D eigenvalue weighted by Gasteiger charge is -2.33. The highest BCUT2D eigenvalue weighted by Gasteiger charge is 2.23. The summed E-state index contributed by atoms with van der Waals surface area (Å²) in [5.41, 5.74) is 6.78. The van der Waals surface area contributed by atoms with E-state index in [1.807, 2.05) is 32.3 Å². The van der Waals surface area contributed by atoms with E-state index in [0.717, 1.165) is 54.1 Å². The van der Waals surface area contributed by atoms with E-state index >= 15 is 0 Å². The molecule has 1 aliphatic rings. The Morgan fingerprint density at radius 1 is 1.04 bits per heavy atom. The van der Waals surface area contributed by atoms with E-state index in [-0.39, 0.29) is 0 Å². The van der Waals surface area contributed by atoms with Crippen LogP contribution in [0.1, 0.15) is 0 Å². The van der Waals surface area contributed by atoms with Gasteiger partial charge in [-0.3, -0.25) is 4.90 Å². The van der Waals surface area contributed by atoms with Gasteiger partial charge in [0.15, 0.2) is 0 Å². The van der Waals surface area contributed by atoms with Crippen LogP contribution in [0.25, 0.3) is 10.8 Å². The molecule has 2 N–H and O–H groups in total. The topological polar surface area (TPSA) is 52.8 Å². The third kappa shape index (κ3) is 3.47. The number of benzene rings is 2. The summed E-state index contributed by atoms with van der Waals surface area (Å²) >= 11 is 0. The summed E-state index contributed by atoms with van der Waals surface area (Å²) in [6.07, 6.45) is 0. The number of hydrogen-bond acceptors (Lipinski definition) is 4. The molecule has 1 fully saturated rings. The second-order valence-corrected chi connectivity index (χ2v) is 7.79. The smallest absolute Gasteiger partial charge is 0.128 e. The molecule has 0 saturated carbocycles. The predicted octanol–water partition coefficient (Wildman–Crippen LogP) is 1.50. The van der Waals surface area contributed by atoms with E-state index in [9.17, 15) is 4.21 Å². The zero-order valence-electron chi connectivity index (χ0n) is 14.4. The molecule has 0 aliphatic carbocycles. The Kier molecular flexibility index (Phi) is 5.50. The van der Waals surface area contributed by atoms with E-state index in [4.69, 9.17) is 5.73 Å². The van der Waals surface area contributed by atoms with Crippen molar-refractivity contribution in [3.05, 3.63) is 36.4 Å². The van der Waals surface area contributed by atoms with Crippen molar-refractivity contribution in [1.29, 1.82) is 0 Å². The fraction of sp³-hybridized carbons (Fsp3) is 0.444. The summed E-state index contributed by atoms with van der Waals surface area (Å²) in [6, 6.07) is 12.3. The van der Waals surface area contributed by atoms with Crippen LogP contribution in [-0.2, 0) is 11.0 Å². The highest BCUT2D eigenvalue weighted by Crippen LogP contribution is 2.30. The maximum absolute atomic E-state index is 13.1. The molecule has 2 aromatic rings. The molecule has 24 heavy (non-hydrogen) atoms. The number of rotatable bonds is 5. The van der Waals surface area contributed by atoms with Crippen molar-refractivity contribution in [3.8, 4) is 0 Å². The highest BCUT2D eigenvalue weighted by atomic mass is 32.2. The zero-order chi connectivity index (χ0) is 17.1. The maximum Gasteiger partial charge on any atom is 0.128 e. The third-order valence-corrected chi connectivity index (χ3v) is 6.11. The van der Waals surface area contributed by atoms with Crippen LogP contribution in [0.5, 0.6) is 0 Å². The second kappa shape index (κ2) is 7.61. The van der Waals surface area contributed by atoms with Gasteiger partial charge in [0.1, 0.15) is 11.0 Å². The van der Waals surface area contributed by atoms with Crippen LogP contribution in [0.15, 0.2) is 41.3 Å². The Balaban J connectivity index is 1.87. The first-order valence-electron chi connectivity index (χ1n) is 8.40. The Hall–Kier alpha value is -1.47. The first kappa shape index (κ1) is 17.4. The lowest BCUT2D eigenvalue weighted by atomic mass is 10.1. The first-order chi connectivity index (χ1) is 11.6. The van der Waals surface area contributed by atoms with Gasteiger partial charge in [0.2, 0.25) is 0 Å². The molecule has 1 saturated heterocycles. The lowest BCUT2D eigenvalue weighted by Crippen LogP contribution is -2.48. The van der Waals surface area contributed by atoms with Crippen molar-refractivity contribution in [2.45, 2.75) is 4.90 Å². The van der Waals surface area contributed by atoms with Crippen LogP contribution in [0.2, 0.25) is 0 Å². The molecule has 1 aliphatic heterocycles. The van der Waals surface area contributed by atoms with Crippen LogP contribution < -0.4 is 10.6 Å². The number of hydrogen-bond donors (Lipinski definition) is 1. The average molecular weight is 347 g/mol. The molecule has 0 aromatic heterocycles. The molecule has 6 heteroatoms. The Labute approximate surface area is 146 Å². The maximum atomic E-state index is 13.1. The zero-order valence-corrected chi connectivity index (χ0v) is 15.3. The Bertz CT molecular complexity index is 726. The molecule has 0 bridgehead atoms.